The normalized spacial score (nSPS) is 12.9. The van der Waals surface area contributed by atoms with Crippen molar-refractivity contribution >= 4 is 11.9 Å². The maximum absolute atomic E-state index is 12.6. The van der Waals surface area contributed by atoms with Crippen LogP contribution in [-0.4, -0.2) is 37.9 Å². The minimum absolute atomic E-state index is 0.0586. The van der Waals surface area contributed by atoms with E-state index >= 15 is 0 Å². The van der Waals surface area contributed by atoms with Gasteiger partial charge in [0, 0.05) is 19.4 Å². The van der Waals surface area contributed by atoms with Gasteiger partial charge in [-0.2, -0.15) is 0 Å². The van der Waals surface area contributed by atoms with Crippen molar-refractivity contribution in [2.75, 3.05) is 19.8 Å². The predicted octanol–water partition coefficient (Wildman–Crippen LogP) is 13.2. The molecule has 0 N–H and O–H groups in total. The number of carbonyl (C=O) groups is 2. The Bertz CT molecular complexity index is 926. The molecule has 0 saturated carbocycles. The van der Waals surface area contributed by atoms with Gasteiger partial charge in [-0.15, -0.1) is 0 Å². The minimum Gasteiger partial charge on any atom is -0.462 e. The van der Waals surface area contributed by atoms with Crippen LogP contribution < -0.4 is 0 Å². The SMILES string of the molecule is CC/C=C\C/C=C\C/C=C\CCCCCCOCC(COC(=O)CCCCC/C=C\C/C=C\C/C=C\CC)OC(=O)CCCCCCCCC. The number of rotatable bonds is 36. The maximum atomic E-state index is 12.6. The maximum Gasteiger partial charge on any atom is 0.306 e. The van der Waals surface area contributed by atoms with Crippen LogP contribution in [0.3, 0.4) is 0 Å². The van der Waals surface area contributed by atoms with Gasteiger partial charge in [-0.25, -0.2) is 0 Å². The molecular formula is C45H76O5. The predicted molar refractivity (Wildman–Crippen MR) is 214 cm³/mol. The number of hydrogen-bond acceptors (Lipinski definition) is 5. The van der Waals surface area contributed by atoms with Gasteiger partial charge in [0.05, 0.1) is 6.61 Å². The molecule has 0 heterocycles. The molecule has 0 saturated heterocycles. The lowest BCUT2D eigenvalue weighted by atomic mass is 10.1. The van der Waals surface area contributed by atoms with Gasteiger partial charge in [0.25, 0.3) is 0 Å². The van der Waals surface area contributed by atoms with E-state index in [0.29, 0.717) is 19.4 Å². The lowest BCUT2D eigenvalue weighted by Gasteiger charge is -2.18. The smallest absolute Gasteiger partial charge is 0.306 e. The molecule has 286 valence electrons. The molecule has 0 bridgehead atoms. The molecule has 0 aliphatic heterocycles. The molecule has 0 aromatic carbocycles. The molecule has 5 heteroatoms. The fourth-order valence-corrected chi connectivity index (χ4v) is 5.24. The van der Waals surface area contributed by atoms with Crippen molar-refractivity contribution in [3.8, 4) is 0 Å². The average molecular weight is 697 g/mol. The van der Waals surface area contributed by atoms with Crippen molar-refractivity contribution in [3.63, 3.8) is 0 Å². The van der Waals surface area contributed by atoms with E-state index in [0.717, 1.165) is 103 Å². The molecule has 0 aromatic rings. The van der Waals surface area contributed by atoms with E-state index in [-0.39, 0.29) is 25.2 Å². The van der Waals surface area contributed by atoms with Gasteiger partial charge in [0.15, 0.2) is 6.10 Å². The molecule has 5 nitrogen and oxygen atoms in total. The zero-order chi connectivity index (χ0) is 36.4. The summed E-state index contributed by atoms with van der Waals surface area (Å²) in [6.07, 6.45) is 50.5. The van der Waals surface area contributed by atoms with Crippen LogP contribution in [0.2, 0.25) is 0 Å². The second-order valence-electron chi connectivity index (χ2n) is 13.1. The largest absolute Gasteiger partial charge is 0.462 e. The van der Waals surface area contributed by atoms with Crippen LogP contribution in [0.5, 0.6) is 0 Å². The number of esters is 2. The van der Waals surface area contributed by atoms with E-state index < -0.39 is 6.10 Å². The van der Waals surface area contributed by atoms with Gasteiger partial charge in [-0.3, -0.25) is 9.59 Å². The van der Waals surface area contributed by atoms with Gasteiger partial charge >= 0.3 is 11.9 Å². The van der Waals surface area contributed by atoms with Crippen LogP contribution in [0.15, 0.2) is 72.9 Å². The second kappa shape index (κ2) is 40.8. The highest BCUT2D eigenvalue weighted by atomic mass is 16.6. The molecular weight excluding hydrogens is 620 g/mol. The van der Waals surface area contributed by atoms with Crippen LogP contribution in [0.1, 0.15) is 175 Å². The first-order valence-corrected chi connectivity index (χ1v) is 20.5. The Morgan fingerprint density at radius 3 is 1.46 bits per heavy atom. The lowest BCUT2D eigenvalue weighted by Crippen LogP contribution is -2.30. The first-order chi connectivity index (χ1) is 24.6. The molecule has 0 amide bonds. The number of unbranched alkanes of at least 4 members (excludes halogenated alkanes) is 13. The van der Waals surface area contributed by atoms with Crippen molar-refractivity contribution in [2.24, 2.45) is 0 Å². The molecule has 0 spiro atoms. The zero-order valence-corrected chi connectivity index (χ0v) is 32.6. The summed E-state index contributed by atoms with van der Waals surface area (Å²) < 4.78 is 17.1. The summed E-state index contributed by atoms with van der Waals surface area (Å²) in [6, 6.07) is 0. The van der Waals surface area contributed by atoms with Gasteiger partial charge in [0.1, 0.15) is 6.61 Å². The standard InChI is InChI=1S/C45H76O5/c1-4-7-10-13-16-18-20-22-24-26-28-31-34-37-40-48-41-43(50-45(47)39-36-33-29-15-12-9-6-3)42-49-44(46)38-35-32-30-27-25-23-21-19-17-14-11-8-5-2/h7-8,10-11,16-19,22-25,43H,4-6,9,12-15,20-21,26-42H2,1-3H3/b10-7-,11-8-,18-16-,19-17-,24-22-,25-23-. The first-order valence-electron chi connectivity index (χ1n) is 20.5. The summed E-state index contributed by atoms with van der Waals surface area (Å²) in [5, 5.41) is 0. The number of allylic oxidation sites excluding steroid dienone is 12. The van der Waals surface area contributed by atoms with Crippen molar-refractivity contribution < 1.29 is 23.8 Å². The monoisotopic (exact) mass is 697 g/mol. The van der Waals surface area contributed by atoms with Gasteiger partial charge in [-0.1, -0.05) is 151 Å². The highest BCUT2D eigenvalue weighted by Gasteiger charge is 2.17. The topological polar surface area (TPSA) is 61.8 Å². The van der Waals surface area contributed by atoms with Crippen molar-refractivity contribution in [1.82, 2.24) is 0 Å². The van der Waals surface area contributed by atoms with Crippen molar-refractivity contribution in [1.29, 1.82) is 0 Å². The van der Waals surface area contributed by atoms with Gasteiger partial charge in [-0.05, 0) is 83.5 Å². The Kier molecular flexibility index (Phi) is 38.6. The molecule has 0 rings (SSSR count). The fraction of sp³-hybridized carbons (Fsp3) is 0.689. The van der Waals surface area contributed by atoms with E-state index in [1.807, 2.05) is 0 Å². The molecule has 0 fully saturated rings. The Hall–Kier alpha value is -2.66. The van der Waals surface area contributed by atoms with E-state index in [2.05, 4.69) is 93.7 Å². The van der Waals surface area contributed by atoms with Crippen LogP contribution in [-0.2, 0) is 23.8 Å². The van der Waals surface area contributed by atoms with Crippen LogP contribution in [0.25, 0.3) is 0 Å². The molecule has 0 aromatic heterocycles. The number of ether oxygens (including phenoxy) is 3. The molecule has 0 aliphatic carbocycles. The number of carbonyl (C=O) groups excluding carboxylic acids is 2. The highest BCUT2D eigenvalue weighted by molar-refractivity contribution is 5.70. The van der Waals surface area contributed by atoms with E-state index in [1.54, 1.807) is 0 Å². The average Bonchev–Trinajstić information content (AvgIpc) is 3.11. The van der Waals surface area contributed by atoms with E-state index in [9.17, 15) is 9.59 Å². The summed E-state index contributed by atoms with van der Waals surface area (Å²) in [5.41, 5.74) is 0. The summed E-state index contributed by atoms with van der Waals surface area (Å²) in [5.74, 6) is -0.456. The van der Waals surface area contributed by atoms with Gasteiger partial charge < -0.3 is 14.2 Å². The van der Waals surface area contributed by atoms with Crippen molar-refractivity contribution in [3.05, 3.63) is 72.9 Å². The third-order valence-electron chi connectivity index (χ3n) is 8.24. The third-order valence-corrected chi connectivity index (χ3v) is 8.24. The summed E-state index contributed by atoms with van der Waals surface area (Å²) in [7, 11) is 0. The molecule has 1 atom stereocenters. The van der Waals surface area contributed by atoms with Crippen molar-refractivity contribution in [2.45, 2.75) is 181 Å². The highest BCUT2D eigenvalue weighted by Crippen LogP contribution is 2.11. The van der Waals surface area contributed by atoms with E-state index in [1.165, 1.54) is 38.5 Å². The molecule has 50 heavy (non-hydrogen) atoms. The lowest BCUT2D eigenvalue weighted by molar-refractivity contribution is -0.163. The van der Waals surface area contributed by atoms with Crippen LogP contribution in [0.4, 0.5) is 0 Å². The third kappa shape index (κ3) is 38.1. The quantitative estimate of drug-likeness (QED) is 0.0371. The zero-order valence-electron chi connectivity index (χ0n) is 32.6. The fourth-order valence-electron chi connectivity index (χ4n) is 5.24. The Morgan fingerprint density at radius 1 is 0.460 bits per heavy atom. The summed E-state index contributed by atoms with van der Waals surface area (Å²) in [4.78, 5) is 25.0. The molecule has 0 radical (unpaired) electrons. The number of hydrogen-bond donors (Lipinski definition) is 0. The Balaban J connectivity index is 4.28. The minimum atomic E-state index is -0.556. The summed E-state index contributed by atoms with van der Waals surface area (Å²) in [6.45, 7) is 7.46. The Labute approximate surface area is 308 Å². The first kappa shape index (κ1) is 47.3. The van der Waals surface area contributed by atoms with Gasteiger partial charge in [0.2, 0.25) is 0 Å². The second-order valence-corrected chi connectivity index (χ2v) is 13.1. The summed E-state index contributed by atoms with van der Waals surface area (Å²) >= 11 is 0. The van der Waals surface area contributed by atoms with E-state index in [4.69, 9.17) is 14.2 Å². The van der Waals surface area contributed by atoms with Crippen LogP contribution in [0, 0.1) is 0 Å². The molecule has 0 aliphatic rings. The molecule has 1 unspecified atom stereocenters. The van der Waals surface area contributed by atoms with Crippen LogP contribution >= 0.6 is 0 Å². The Morgan fingerprint density at radius 2 is 0.900 bits per heavy atom.